The Balaban J connectivity index is 1.85. The number of piperazine rings is 1. The van der Waals surface area contributed by atoms with Gasteiger partial charge in [0.05, 0.1) is 17.6 Å². The molecule has 35 heavy (non-hydrogen) atoms. The van der Waals surface area contributed by atoms with Crippen LogP contribution < -0.4 is 16.0 Å². The molecule has 0 aliphatic carbocycles. The summed E-state index contributed by atoms with van der Waals surface area (Å²) in [5, 5.41) is 19.5. The van der Waals surface area contributed by atoms with Crippen LogP contribution in [-0.4, -0.2) is 72.1 Å². The minimum atomic E-state index is -1.37. The Bertz CT molecular complexity index is 918. The molecule has 3 amide bonds. The lowest BCUT2D eigenvalue weighted by atomic mass is 9.76. The van der Waals surface area contributed by atoms with E-state index in [0.717, 1.165) is 31.0 Å². The van der Waals surface area contributed by atoms with Crippen LogP contribution in [0.4, 0.5) is 8.78 Å². The summed E-state index contributed by atoms with van der Waals surface area (Å²) in [6.07, 6.45) is 1.85. The van der Waals surface area contributed by atoms with Crippen LogP contribution in [0.2, 0.25) is 0 Å². The maximum Gasteiger partial charge on any atom is 0.243 e. The van der Waals surface area contributed by atoms with Gasteiger partial charge in [0.2, 0.25) is 17.7 Å². The molecular weight excluding hydrogens is 458 g/mol. The first-order valence-electron chi connectivity index (χ1n) is 12.3. The zero-order valence-corrected chi connectivity index (χ0v) is 20.6. The van der Waals surface area contributed by atoms with Crippen molar-refractivity contribution in [3.63, 3.8) is 0 Å². The third kappa shape index (κ3) is 5.98. The molecule has 4 N–H and O–H groups in total. The largest absolute Gasteiger partial charge is 0.389 e. The standard InChI is InChI=1S/C25H36F2N4O4/c1-4-6-25(7-5-2)14-19(31(3)24(25)35)22(33)30-18(12-15-10-16(26)13-17(27)11-15)21(32)20-23(34)29-9-8-28-20/h10-11,13,18-21,28,32H,4-9,12,14H2,1-3H3,(H,29,34)(H,30,33)/t18-,19?,20-,21-/m0/s1. The van der Waals surface area contributed by atoms with Crippen molar-refractivity contribution in [2.45, 2.75) is 76.6 Å². The molecule has 2 aliphatic heterocycles. The minimum Gasteiger partial charge on any atom is -0.389 e. The Labute approximate surface area is 204 Å². The van der Waals surface area contributed by atoms with Crippen molar-refractivity contribution < 1.29 is 28.3 Å². The number of carbonyl (C=O) groups excluding carboxylic acids is 3. The van der Waals surface area contributed by atoms with E-state index in [4.69, 9.17) is 0 Å². The van der Waals surface area contributed by atoms with Crippen molar-refractivity contribution in [3.8, 4) is 0 Å². The summed E-state index contributed by atoms with van der Waals surface area (Å²) < 4.78 is 27.6. The van der Waals surface area contributed by atoms with E-state index in [1.54, 1.807) is 7.05 Å². The molecule has 3 rings (SSSR count). The predicted octanol–water partition coefficient (Wildman–Crippen LogP) is 1.26. The number of hydrogen-bond donors (Lipinski definition) is 4. The molecule has 0 saturated carbocycles. The average Bonchev–Trinajstić information content (AvgIpc) is 3.04. The molecule has 1 unspecified atom stereocenters. The van der Waals surface area contributed by atoms with Crippen molar-refractivity contribution in [2.75, 3.05) is 20.1 Å². The number of rotatable bonds is 10. The summed E-state index contributed by atoms with van der Waals surface area (Å²) >= 11 is 0. The molecule has 0 bridgehead atoms. The Kier molecular flexibility index (Phi) is 8.82. The lowest BCUT2D eigenvalue weighted by Gasteiger charge is -2.34. The van der Waals surface area contributed by atoms with Gasteiger partial charge in [-0.05, 0) is 43.4 Å². The van der Waals surface area contributed by atoms with Crippen LogP contribution in [0.1, 0.15) is 51.5 Å². The van der Waals surface area contributed by atoms with E-state index in [-0.39, 0.29) is 17.9 Å². The van der Waals surface area contributed by atoms with Crippen LogP contribution in [0.15, 0.2) is 18.2 Å². The Hall–Kier alpha value is -2.59. The number of hydrogen-bond acceptors (Lipinski definition) is 5. The van der Waals surface area contributed by atoms with Crippen LogP contribution >= 0.6 is 0 Å². The highest BCUT2D eigenvalue weighted by Gasteiger charge is 2.51. The van der Waals surface area contributed by atoms with E-state index in [1.165, 1.54) is 4.90 Å². The second-order valence-corrected chi connectivity index (χ2v) is 9.73. The van der Waals surface area contributed by atoms with E-state index < -0.39 is 53.1 Å². The van der Waals surface area contributed by atoms with Crippen molar-refractivity contribution in [2.24, 2.45) is 5.41 Å². The van der Waals surface area contributed by atoms with E-state index in [0.29, 0.717) is 32.4 Å². The van der Waals surface area contributed by atoms with Gasteiger partial charge in [0.15, 0.2) is 0 Å². The van der Waals surface area contributed by atoms with Gasteiger partial charge in [0.1, 0.15) is 23.7 Å². The van der Waals surface area contributed by atoms with Gasteiger partial charge in [-0.3, -0.25) is 14.4 Å². The fourth-order valence-corrected chi connectivity index (χ4v) is 5.52. The molecule has 8 nitrogen and oxygen atoms in total. The number of aliphatic hydroxyl groups excluding tert-OH is 1. The quantitative estimate of drug-likeness (QED) is 0.392. The number of nitrogens with zero attached hydrogens (tertiary/aromatic N) is 1. The molecule has 1 aromatic rings. The predicted molar refractivity (Wildman–Crippen MR) is 126 cm³/mol. The number of benzene rings is 1. The normalized spacial score (nSPS) is 23.7. The Morgan fingerprint density at radius 2 is 1.80 bits per heavy atom. The average molecular weight is 495 g/mol. The fourth-order valence-electron chi connectivity index (χ4n) is 5.52. The van der Waals surface area contributed by atoms with Gasteiger partial charge in [0.25, 0.3) is 0 Å². The summed E-state index contributed by atoms with van der Waals surface area (Å²) in [5.41, 5.74) is -0.379. The summed E-state index contributed by atoms with van der Waals surface area (Å²) in [6.45, 7) is 4.84. The van der Waals surface area contributed by atoms with E-state index in [9.17, 15) is 28.3 Å². The summed E-state index contributed by atoms with van der Waals surface area (Å²) in [4.78, 5) is 40.4. The lowest BCUT2D eigenvalue weighted by molar-refractivity contribution is -0.139. The van der Waals surface area contributed by atoms with Gasteiger partial charge in [-0.15, -0.1) is 0 Å². The van der Waals surface area contributed by atoms with Gasteiger partial charge >= 0.3 is 0 Å². The second-order valence-electron chi connectivity index (χ2n) is 9.73. The number of halogens is 2. The molecule has 0 spiro atoms. The third-order valence-corrected chi connectivity index (χ3v) is 7.12. The molecule has 194 valence electrons. The molecular formula is C25H36F2N4O4. The van der Waals surface area contributed by atoms with Gasteiger partial charge in [-0.25, -0.2) is 8.78 Å². The van der Waals surface area contributed by atoms with Crippen LogP contribution in [0.3, 0.4) is 0 Å². The monoisotopic (exact) mass is 494 g/mol. The first-order valence-corrected chi connectivity index (χ1v) is 12.3. The van der Waals surface area contributed by atoms with Crippen molar-refractivity contribution in [1.29, 1.82) is 0 Å². The van der Waals surface area contributed by atoms with Crippen LogP contribution in [-0.2, 0) is 20.8 Å². The van der Waals surface area contributed by atoms with Crippen molar-refractivity contribution in [1.82, 2.24) is 20.9 Å². The molecule has 0 aromatic heterocycles. The fraction of sp³-hybridized carbons (Fsp3) is 0.640. The van der Waals surface area contributed by atoms with Gasteiger partial charge in [-0.2, -0.15) is 0 Å². The number of likely N-dealkylation sites (tertiary alicyclic amines) is 1. The van der Waals surface area contributed by atoms with Gasteiger partial charge in [-0.1, -0.05) is 26.7 Å². The highest BCUT2D eigenvalue weighted by Crippen LogP contribution is 2.43. The minimum absolute atomic E-state index is 0.0704. The van der Waals surface area contributed by atoms with Gasteiger partial charge in [0, 0.05) is 26.2 Å². The zero-order chi connectivity index (χ0) is 25.8. The second kappa shape index (κ2) is 11.4. The van der Waals surface area contributed by atoms with E-state index >= 15 is 0 Å². The first-order chi connectivity index (χ1) is 16.6. The topological polar surface area (TPSA) is 111 Å². The highest BCUT2D eigenvalue weighted by molar-refractivity contribution is 5.94. The highest BCUT2D eigenvalue weighted by atomic mass is 19.1. The van der Waals surface area contributed by atoms with Crippen molar-refractivity contribution >= 4 is 17.7 Å². The summed E-state index contributed by atoms with van der Waals surface area (Å²) in [6, 6.07) is 0.219. The molecule has 2 heterocycles. The van der Waals surface area contributed by atoms with E-state index in [2.05, 4.69) is 16.0 Å². The molecule has 2 aliphatic rings. The molecule has 2 saturated heterocycles. The van der Waals surface area contributed by atoms with Crippen LogP contribution in [0.25, 0.3) is 0 Å². The number of nitrogens with one attached hydrogen (secondary N) is 3. The molecule has 10 heteroatoms. The summed E-state index contributed by atoms with van der Waals surface area (Å²) in [7, 11) is 1.60. The number of aliphatic hydroxyl groups is 1. The number of likely N-dealkylation sites (N-methyl/N-ethyl adjacent to an activating group) is 1. The molecule has 2 fully saturated rings. The zero-order valence-electron chi connectivity index (χ0n) is 20.6. The Morgan fingerprint density at radius 3 is 2.37 bits per heavy atom. The smallest absolute Gasteiger partial charge is 0.243 e. The van der Waals surface area contributed by atoms with E-state index in [1.807, 2.05) is 13.8 Å². The Morgan fingerprint density at radius 1 is 1.17 bits per heavy atom. The molecule has 1 aromatic carbocycles. The number of amides is 3. The third-order valence-electron chi connectivity index (χ3n) is 7.12. The lowest BCUT2D eigenvalue weighted by Crippen LogP contribution is -2.64. The number of carbonyl (C=O) groups is 3. The molecule has 4 atom stereocenters. The maximum atomic E-state index is 13.8. The van der Waals surface area contributed by atoms with Crippen molar-refractivity contribution in [3.05, 3.63) is 35.4 Å². The SMILES string of the molecule is CCCC1(CCC)CC(C(=O)N[C@@H](Cc2cc(F)cc(F)c2)[C@H](O)[C@@H]2NCCNC2=O)N(C)C1=O. The summed E-state index contributed by atoms with van der Waals surface area (Å²) in [5.74, 6) is -2.52. The maximum absolute atomic E-state index is 13.8. The van der Waals surface area contributed by atoms with Crippen LogP contribution in [0.5, 0.6) is 0 Å². The van der Waals surface area contributed by atoms with Crippen LogP contribution in [0, 0.1) is 17.0 Å². The molecule has 0 radical (unpaired) electrons. The first kappa shape index (κ1) is 27.0. The van der Waals surface area contributed by atoms with Gasteiger partial charge < -0.3 is 26.0 Å².